The highest BCUT2D eigenvalue weighted by Gasteiger charge is 2.28. The minimum Gasteiger partial charge on any atom is -0.385 e. The van der Waals surface area contributed by atoms with Gasteiger partial charge in [0.15, 0.2) is 0 Å². The molecule has 5 nitrogen and oxygen atoms in total. The van der Waals surface area contributed by atoms with Gasteiger partial charge in [0.1, 0.15) is 11.9 Å². The molecule has 2 heterocycles. The first-order chi connectivity index (χ1) is 9.72. The molecule has 0 radical (unpaired) electrons. The summed E-state index contributed by atoms with van der Waals surface area (Å²) in [5.74, 6) is 1.09. The fraction of sp³-hybridized carbons (Fsp3) is 0.733. The lowest BCUT2D eigenvalue weighted by atomic mass is 9.90. The van der Waals surface area contributed by atoms with E-state index in [1.165, 1.54) is 0 Å². The van der Waals surface area contributed by atoms with Crippen LogP contribution in [0.15, 0.2) is 12.4 Å². The van der Waals surface area contributed by atoms with Crippen molar-refractivity contribution >= 4 is 0 Å². The molecule has 0 aliphatic carbocycles. The van der Waals surface area contributed by atoms with Crippen LogP contribution in [0.3, 0.4) is 0 Å². The normalized spacial score (nSPS) is 18.9. The minimum atomic E-state index is -0.448. The van der Waals surface area contributed by atoms with E-state index in [4.69, 9.17) is 5.26 Å². The number of aliphatic hydroxyl groups is 1. The molecule has 2 rings (SSSR count). The van der Waals surface area contributed by atoms with Crippen LogP contribution in [0.2, 0.25) is 0 Å². The fourth-order valence-electron chi connectivity index (χ4n) is 2.90. The Kier molecular flexibility index (Phi) is 5.57. The highest BCUT2D eigenvalue weighted by molar-refractivity contribution is 4.98. The van der Waals surface area contributed by atoms with Gasteiger partial charge in [-0.15, -0.1) is 0 Å². The summed E-state index contributed by atoms with van der Waals surface area (Å²) in [5, 5.41) is 18.9. The predicted molar refractivity (Wildman–Crippen MR) is 76.8 cm³/mol. The Morgan fingerprint density at radius 3 is 2.80 bits per heavy atom. The van der Waals surface area contributed by atoms with Crippen molar-refractivity contribution in [2.45, 2.75) is 38.2 Å². The number of rotatable bonds is 6. The van der Waals surface area contributed by atoms with E-state index in [2.05, 4.69) is 16.0 Å². The second-order valence-electron chi connectivity index (χ2n) is 5.64. The predicted octanol–water partition coefficient (Wildman–Crippen LogP) is 1.86. The van der Waals surface area contributed by atoms with Crippen LogP contribution < -0.4 is 0 Å². The van der Waals surface area contributed by atoms with Crippen molar-refractivity contribution in [3.8, 4) is 6.07 Å². The molecule has 1 fully saturated rings. The van der Waals surface area contributed by atoms with E-state index in [1.807, 2.05) is 17.8 Å². The molecular formula is C15H24N4O. The van der Waals surface area contributed by atoms with Crippen LogP contribution in [0.25, 0.3) is 0 Å². The molecule has 1 aliphatic rings. The van der Waals surface area contributed by atoms with E-state index in [9.17, 15) is 5.11 Å². The second-order valence-corrected chi connectivity index (χ2v) is 5.64. The van der Waals surface area contributed by atoms with Gasteiger partial charge in [-0.1, -0.05) is 0 Å². The molecule has 0 aromatic carbocycles. The zero-order valence-electron chi connectivity index (χ0n) is 12.2. The Labute approximate surface area is 120 Å². The van der Waals surface area contributed by atoms with Crippen LogP contribution >= 0.6 is 0 Å². The molecule has 0 amide bonds. The van der Waals surface area contributed by atoms with Gasteiger partial charge in [0, 0.05) is 25.9 Å². The molecule has 0 spiro atoms. The highest BCUT2D eigenvalue weighted by Crippen LogP contribution is 2.29. The maximum atomic E-state index is 10.4. The number of nitriles is 1. The van der Waals surface area contributed by atoms with Gasteiger partial charge in [-0.3, -0.25) is 0 Å². The van der Waals surface area contributed by atoms with Crippen molar-refractivity contribution in [2.75, 3.05) is 19.6 Å². The molecule has 1 aliphatic heterocycles. The fourth-order valence-corrected chi connectivity index (χ4v) is 2.90. The summed E-state index contributed by atoms with van der Waals surface area (Å²) in [7, 11) is 1.93. The molecule has 110 valence electrons. The van der Waals surface area contributed by atoms with Crippen LogP contribution in [-0.2, 0) is 7.05 Å². The zero-order valence-corrected chi connectivity index (χ0v) is 12.2. The van der Waals surface area contributed by atoms with Gasteiger partial charge in [-0.25, -0.2) is 4.98 Å². The Morgan fingerprint density at radius 1 is 1.45 bits per heavy atom. The van der Waals surface area contributed by atoms with Crippen LogP contribution in [-0.4, -0.2) is 39.2 Å². The van der Waals surface area contributed by atoms with Gasteiger partial charge in [0.05, 0.1) is 6.07 Å². The van der Waals surface area contributed by atoms with Crippen molar-refractivity contribution in [3.63, 3.8) is 0 Å². The summed E-state index contributed by atoms with van der Waals surface area (Å²) in [6.07, 6.45) is 7.96. The first kappa shape index (κ1) is 15.0. The lowest BCUT2D eigenvalue weighted by Gasteiger charge is -2.33. The molecule has 1 unspecified atom stereocenters. The molecule has 1 atom stereocenters. The van der Waals surface area contributed by atoms with Crippen molar-refractivity contribution in [1.29, 1.82) is 5.26 Å². The number of likely N-dealkylation sites (tertiary alicyclic amines) is 1. The molecule has 20 heavy (non-hydrogen) atoms. The standard InChI is InChI=1S/C15H24N4O/c1-18-12-8-17-15(18)14(20)13-5-10-19(11-6-13)9-4-2-3-7-16/h8,12-14,20H,2-6,9-11H2,1H3. The number of nitrogens with zero attached hydrogens (tertiary/aromatic N) is 4. The second kappa shape index (κ2) is 7.41. The van der Waals surface area contributed by atoms with Crippen LogP contribution in [0.4, 0.5) is 0 Å². The lowest BCUT2D eigenvalue weighted by Crippen LogP contribution is -2.36. The summed E-state index contributed by atoms with van der Waals surface area (Å²) in [6, 6.07) is 2.19. The third-order valence-electron chi connectivity index (χ3n) is 4.21. The van der Waals surface area contributed by atoms with Crippen molar-refractivity contribution in [1.82, 2.24) is 14.5 Å². The van der Waals surface area contributed by atoms with Gasteiger partial charge in [0.2, 0.25) is 0 Å². The van der Waals surface area contributed by atoms with Crippen LogP contribution in [0.1, 0.15) is 44.0 Å². The molecule has 1 saturated heterocycles. The number of hydrogen-bond donors (Lipinski definition) is 1. The third kappa shape index (κ3) is 3.81. The molecule has 1 N–H and O–H groups in total. The Morgan fingerprint density at radius 2 is 2.20 bits per heavy atom. The van der Waals surface area contributed by atoms with E-state index >= 15 is 0 Å². The highest BCUT2D eigenvalue weighted by atomic mass is 16.3. The lowest BCUT2D eigenvalue weighted by molar-refractivity contribution is 0.0508. The van der Waals surface area contributed by atoms with E-state index in [0.717, 1.165) is 51.1 Å². The number of imidazole rings is 1. The minimum absolute atomic E-state index is 0.312. The van der Waals surface area contributed by atoms with Gasteiger partial charge in [-0.2, -0.15) is 5.26 Å². The number of unbranched alkanes of at least 4 members (excludes halogenated alkanes) is 2. The zero-order chi connectivity index (χ0) is 14.4. The van der Waals surface area contributed by atoms with Crippen molar-refractivity contribution in [3.05, 3.63) is 18.2 Å². The summed E-state index contributed by atoms with van der Waals surface area (Å²) in [5.41, 5.74) is 0. The van der Waals surface area contributed by atoms with Crippen molar-refractivity contribution < 1.29 is 5.11 Å². The summed E-state index contributed by atoms with van der Waals surface area (Å²) in [4.78, 5) is 6.69. The first-order valence-electron chi connectivity index (χ1n) is 7.47. The average Bonchev–Trinajstić information content (AvgIpc) is 2.90. The van der Waals surface area contributed by atoms with Crippen LogP contribution in [0, 0.1) is 17.2 Å². The van der Waals surface area contributed by atoms with E-state index in [-0.39, 0.29) is 0 Å². The number of piperidine rings is 1. The molecule has 1 aromatic heterocycles. The molecule has 0 saturated carbocycles. The van der Waals surface area contributed by atoms with Gasteiger partial charge in [-0.05, 0) is 51.2 Å². The van der Waals surface area contributed by atoms with Crippen molar-refractivity contribution in [2.24, 2.45) is 13.0 Å². The number of aromatic nitrogens is 2. The summed E-state index contributed by atoms with van der Waals surface area (Å²) in [6.45, 7) is 3.16. The van der Waals surface area contributed by atoms with Gasteiger partial charge >= 0.3 is 0 Å². The largest absolute Gasteiger partial charge is 0.385 e. The Bertz CT molecular complexity index is 443. The average molecular weight is 276 g/mol. The molecule has 1 aromatic rings. The summed E-state index contributed by atoms with van der Waals surface area (Å²) < 4.78 is 1.90. The van der Waals surface area contributed by atoms with E-state index in [1.54, 1.807) is 6.20 Å². The number of aliphatic hydroxyl groups excluding tert-OH is 1. The number of hydrogen-bond acceptors (Lipinski definition) is 4. The Hall–Kier alpha value is -1.38. The molecular weight excluding hydrogens is 252 g/mol. The monoisotopic (exact) mass is 276 g/mol. The van der Waals surface area contributed by atoms with Crippen LogP contribution in [0.5, 0.6) is 0 Å². The number of aryl methyl sites for hydroxylation is 1. The molecule has 0 bridgehead atoms. The third-order valence-corrected chi connectivity index (χ3v) is 4.21. The summed E-state index contributed by atoms with van der Waals surface area (Å²) >= 11 is 0. The smallest absolute Gasteiger partial charge is 0.137 e. The quantitative estimate of drug-likeness (QED) is 0.805. The van der Waals surface area contributed by atoms with Gasteiger partial charge in [0.25, 0.3) is 0 Å². The first-order valence-corrected chi connectivity index (χ1v) is 7.47. The van der Waals surface area contributed by atoms with E-state index < -0.39 is 6.10 Å². The Balaban J connectivity index is 1.74. The van der Waals surface area contributed by atoms with Gasteiger partial charge < -0.3 is 14.6 Å². The molecule has 5 heteroatoms. The topological polar surface area (TPSA) is 65.1 Å². The maximum absolute atomic E-state index is 10.4. The SMILES string of the molecule is Cn1ccnc1C(O)C1CCN(CCCCC#N)CC1. The maximum Gasteiger partial charge on any atom is 0.137 e. The van der Waals surface area contributed by atoms with E-state index in [0.29, 0.717) is 12.3 Å².